The van der Waals surface area contributed by atoms with Gasteiger partial charge in [0.1, 0.15) is 5.52 Å². The molecule has 0 radical (unpaired) electrons. The van der Waals surface area contributed by atoms with Crippen LogP contribution < -0.4 is 5.32 Å². The molecule has 168 valence electrons. The standard InChI is InChI=1S/C30H26N2O2/c1-3-20(2)25-15-18-28-27(19-25)32-30(34-28)24-13-16-26(17-14-24)31-29(33)23-11-9-22(10-12-23)21-7-5-4-6-8-21/h4-20H,3H2,1-2H3,(H,31,33). The third-order valence-electron chi connectivity index (χ3n) is 6.24. The minimum absolute atomic E-state index is 0.146. The molecule has 0 fully saturated rings. The molecule has 0 spiro atoms. The van der Waals surface area contributed by atoms with Gasteiger partial charge in [-0.25, -0.2) is 4.98 Å². The number of fused-ring (bicyclic) bond motifs is 1. The van der Waals surface area contributed by atoms with E-state index < -0.39 is 0 Å². The van der Waals surface area contributed by atoms with Crippen molar-refractivity contribution in [3.8, 4) is 22.6 Å². The lowest BCUT2D eigenvalue weighted by Crippen LogP contribution is -2.11. The molecule has 0 saturated heterocycles. The van der Waals surface area contributed by atoms with Crippen molar-refractivity contribution in [2.45, 2.75) is 26.2 Å². The number of nitrogens with one attached hydrogen (secondary N) is 1. The zero-order valence-electron chi connectivity index (χ0n) is 19.3. The smallest absolute Gasteiger partial charge is 0.255 e. The summed E-state index contributed by atoms with van der Waals surface area (Å²) in [4.78, 5) is 17.4. The van der Waals surface area contributed by atoms with Crippen LogP contribution in [0.15, 0.2) is 101 Å². The predicted octanol–water partition coefficient (Wildman–Crippen LogP) is 7.93. The van der Waals surface area contributed by atoms with E-state index in [1.165, 1.54) is 5.56 Å². The SMILES string of the molecule is CCC(C)c1ccc2oc(-c3ccc(NC(=O)c4ccc(-c5ccccc5)cc4)cc3)nc2c1. The van der Waals surface area contributed by atoms with Crippen LogP contribution in [-0.2, 0) is 0 Å². The van der Waals surface area contributed by atoms with Gasteiger partial charge in [-0.05, 0) is 77.6 Å². The number of benzene rings is 4. The lowest BCUT2D eigenvalue weighted by atomic mass is 9.98. The fraction of sp³-hybridized carbons (Fsp3) is 0.133. The number of hydrogen-bond donors (Lipinski definition) is 1. The summed E-state index contributed by atoms with van der Waals surface area (Å²) in [6, 6.07) is 31.5. The van der Waals surface area contributed by atoms with Gasteiger partial charge in [-0.3, -0.25) is 4.79 Å². The average Bonchev–Trinajstić information content (AvgIpc) is 3.33. The number of rotatable bonds is 6. The zero-order chi connectivity index (χ0) is 23.5. The number of anilines is 1. The van der Waals surface area contributed by atoms with Crippen molar-refractivity contribution >= 4 is 22.7 Å². The first-order valence-electron chi connectivity index (χ1n) is 11.6. The van der Waals surface area contributed by atoms with Crippen LogP contribution in [0.5, 0.6) is 0 Å². The molecule has 0 aliphatic rings. The molecule has 1 unspecified atom stereocenters. The van der Waals surface area contributed by atoms with E-state index in [2.05, 4.69) is 48.4 Å². The molecule has 4 nitrogen and oxygen atoms in total. The van der Waals surface area contributed by atoms with Gasteiger partial charge in [0.15, 0.2) is 5.58 Å². The summed E-state index contributed by atoms with van der Waals surface area (Å²) in [6.45, 7) is 4.40. The highest BCUT2D eigenvalue weighted by molar-refractivity contribution is 6.04. The van der Waals surface area contributed by atoms with E-state index >= 15 is 0 Å². The third kappa shape index (κ3) is 4.48. The molecule has 1 heterocycles. The van der Waals surface area contributed by atoms with Crippen molar-refractivity contribution in [1.29, 1.82) is 0 Å². The number of oxazole rings is 1. The fourth-order valence-corrected chi connectivity index (χ4v) is 3.95. The largest absolute Gasteiger partial charge is 0.436 e. The summed E-state index contributed by atoms with van der Waals surface area (Å²) < 4.78 is 5.96. The van der Waals surface area contributed by atoms with Crippen molar-refractivity contribution in [2.24, 2.45) is 0 Å². The fourth-order valence-electron chi connectivity index (χ4n) is 3.95. The summed E-state index contributed by atoms with van der Waals surface area (Å²) in [5, 5.41) is 2.96. The Hall–Kier alpha value is -4.18. The highest BCUT2D eigenvalue weighted by Gasteiger charge is 2.12. The van der Waals surface area contributed by atoms with Gasteiger partial charge in [-0.2, -0.15) is 0 Å². The molecule has 4 aromatic carbocycles. The highest BCUT2D eigenvalue weighted by atomic mass is 16.3. The summed E-state index contributed by atoms with van der Waals surface area (Å²) in [6.07, 6.45) is 1.08. The van der Waals surface area contributed by atoms with Crippen molar-refractivity contribution < 1.29 is 9.21 Å². The Kier molecular flexibility index (Phi) is 5.96. The first-order chi connectivity index (χ1) is 16.6. The van der Waals surface area contributed by atoms with Crippen LogP contribution in [0.1, 0.15) is 42.1 Å². The number of hydrogen-bond acceptors (Lipinski definition) is 3. The molecule has 1 amide bonds. The Morgan fingerprint density at radius 2 is 1.53 bits per heavy atom. The number of amides is 1. The van der Waals surface area contributed by atoms with Gasteiger partial charge in [0, 0.05) is 16.8 Å². The van der Waals surface area contributed by atoms with Crippen molar-refractivity contribution in [3.63, 3.8) is 0 Å². The lowest BCUT2D eigenvalue weighted by Gasteiger charge is -2.07. The average molecular weight is 447 g/mol. The maximum atomic E-state index is 12.7. The van der Waals surface area contributed by atoms with E-state index in [-0.39, 0.29) is 5.91 Å². The first kappa shape index (κ1) is 21.7. The molecular weight excluding hydrogens is 420 g/mol. The minimum Gasteiger partial charge on any atom is -0.436 e. The van der Waals surface area contributed by atoms with Gasteiger partial charge in [0.25, 0.3) is 5.91 Å². The van der Waals surface area contributed by atoms with Gasteiger partial charge >= 0.3 is 0 Å². The predicted molar refractivity (Wildman–Crippen MR) is 138 cm³/mol. The molecular formula is C30H26N2O2. The second-order valence-corrected chi connectivity index (χ2v) is 8.53. The van der Waals surface area contributed by atoms with Crippen LogP contribution in [0.3, 0.4) is 0 Å². The molecule has 0 aliphatic carbocycles. The molecule has 5 rings (SSSR count). The van der Waals surface area contributed by atoms with Crippen molar-refractivity contribution in [1.82, 2.24) is 4.98 Å². The van der Waals surface area contributed by atoms with E-state index in [1.807, 2.05) is 72.8 Å². The second-order valence-electron chi connectivity index (χ2n) is 8.53. The molecule has 4 heteroatoms. The lowest BCUT2D eigenvalue weighted by molar-refractivity contribution is 0.102. The molecule has 0 aliphatic heterocycles. The van der Waals surface area contributed by atoms with Gasteiger partial charge in [0.05, 0.1) is 0 Å². The summed E-state index contributed by atoms with van der Waals surface area (Å²) in [5.41, 5.74) is 7.31. The highest BCUT2D eigenvalue weighted by Crippen LogP contribution is 2.28. The number of carbonyl (C=O) groups is 1. The molecule has 1 aromatic heterocycles. The number of carbonyl (C=O) groups excluding carboxylic acids is 1. The molecule has 1 atom stereocenters. The second kappa shape index (κ2) is 9.36. The first-order valence-corrected chi connectivity index (χ1v) is 11.6. The Labute approximate surface area is 199 Å². The maximum absolute atomic E-state index is 12.7. The Morgan fingerprint density at radius 1 is 0.853 bits per heavy atom. The summed E-state index contributed by atoms with van der Waals surface area (Å²) in [5.74, 6) is 0.916. The monoisotopic (exact) mass is 446 g/mol. The van der Waals surface area contributed by atoms with E-state index in [0.717, 1.165) is 39.9 Å². The molecule has 5 aromatic rings. The van der Waals surface area contributed by atoms with Crippen LogP contribution in [0.4, 0.5) is 5.69 Å². The number of nitrogens with zero attached hydrogens (tertiary/aromatic N) is 1. The number of aromatic nitrogens is 1. The summed E-state index contributed by atoms with van der Waals surface area (Å²) in [7, 11) is 0. The molecule has 0 bridgehead atoms. The van der Waals surface area contributed by atoms with Gasteiger partial charge < -0.3 is 9.73 Å². The van der Waals surface area contributed by atoms with E-state index in [9.17, 15) is 4.79 Å². The van der Waals surface area contributed by atoms with E-state index in [1.54, 1.807) is 0 Å². The molecule has 1 N–H and O–H groups in total. The third-order valence-corrected chi connectivity index (χ3v) is 6.24. The Morgan fingerprint density at radius 3 is 2.24 bits per heavy atom. The van der Waals surface area contributed by atoms with Gasteiger partial charge in [0.2, 0.25) is 5.89 Å². The quantitative estimate of drug-likeness (QED) is 0.288. The van der Waals surface area contributed by atoms with E-state index in [0.29, 0.717) is 17.4 Å². The van der Waals surface area contributed by atoms with Gasteiger partial charge in [-0.15, -0.1) is 0 Å². The molecule has 0 saturated carbocycles. The van der Waals surface area contributed by atoms with Crippen LogP contribution in [-0.4, -0.2) is 10.9 Å². The van der Waals surface area contributed by atoms with Crippen LogP contribution in [0.25, 0.3) is 33.7 Å². The summed E-state index contributed by atoms with van der Waals surface area (Å²) >= 11 is 0. The van der Waals surface area contributed by atoms with Crippen LogP contribution >= 0.6 is 0 Å². The molecule has 34 heavy (non-hydrogen) atoms. The topological polar surface area (TPSA) is 55.1 Å². The van der Waals surface area contributed by atoms with Crippen molar-refractivity contribution in [2.75, 3.05) is 5.32 Å². The van der Waals surface area contributed by atoms with E-state index in [4.69, 9.17) is 4.42 Å². The normalized spacial score (nSPS) is 11.9. The maximum Gasteiger partial charge on any atom is 0.255 e. The van der Waals surface area contributed by atoms with Crippen LogP contribution in [0, 0.1) is 0 Å². The minimum atomic E-state index is -0.146. The zero-order valence-corrected chi connectivity index (χ0v) is 19.3. The van der Waals surface area contributed by atoms with Crippen molar-refractivity contribution in [3.05, 3.63) is 108 Å². The Bertz CT molecular complexity index is 1420. The van der Waals surface area contributed by atoms with Gasteiger partial charge in [-0.1, -0.05) is 62.4 Å². The van der Waals surface area contributed by atoms with Crippen LogP contribution in [0.2, 0.25) is 0 Å². The Balaban J connectivity index is 1.29.